The van der Waals surface area contributed by atoms with Crippen LogP contribution in [0.25, 0.3) is 0 Å². The molecule has 0 heterocycles. The third-order valence-electron chi connectivity index (χ3n) is 4.05. The second-order valence-corrected chi connectivity index (χ2v) is 5.73. The van der Waals surface area contributed by atoms with E-state index in [0.29, 0.717) is 13.2 Å². The zero-order chi connectivity index (χ0) is 16.8. The van der Waals surface area contributed by atoms with Crippen molar-refractivity contribution in [2.75, 3.05) is 6.61 Å². The van der Waals surface area contributed by atoms with Crippen molar-refractivity contribution in [2.24, 2.45) is 11.8 Å². The van der Waals surface area contributed by atoms with Crippen LogP contribution in [0.3, 0.4) is 0 Å². The first-order valence-electron chi connectivity index (χ1n) is 7.59. The maximum Gasteiger partial charge on any atom is 0.303 e. The highest BCUT2D eigenvalue weighted by Crippen LogP contribution is 2.32. The summed E-state index contributed by atoms with van der Waals surface area (Å²) in [7, 11) is 0. The van der Waals surface area contributed by atoms with Gasteiger partial charge in [0.25, 0.3) is 0 Å². The van der Waals surface area contributed by atoms with Crippen LogP contribution in [-0.2, 0) is 20.9 Å². The van der Waals surface area contributed by atoms with Gasteiger partial charge in [0.05, 0.1) is 19.1 Å². The Kier molecular flexibility index (Phi) is 5.87. The van der Waals surface area contributed by atoms with Crippen molar-refractivity contribution in [1.82, 2.24) is 0 Å². The highest BCUT2D eigenvalue weighted by Gasteiger charge is 2.41. The number of benzene rings is 1. The van der Waals surface area contributed by atoms with Crippen LogP contribution in [0, 0.1) is 22.0 Å². The molecule has 0 amide bonds. The third kappa shape index (κ3) is 4.63. The van der Waals surface area contributed by atoms with E-state index >= 15 is 0 Å². The van der Waals surface area contributed by atoms with Crippen LogP contribution in [0.5, 0.6) is 0 Å². The van der Waals surface area contributed by atoms with Gasteiger partial charge < -0.3 is 9.47 Å². The maximum atomic E-state index is 11.2. The van der Waals surface area contributed by atoms with E-state index < -0.39 is 18.1 Å². The van der Waals surface area contributed by atoms with Crippen LogP contribution in [0.15, 0.2) is 42.5 Å². The Labute approximate surface area is 135 Å². The Morgan fingerprint density at radius 1 is 1.30 bits per heavy atom. The largest absolute Gasteiger partial charge is 0.458 e. The van der Waals surface area contributed by atoms with Crippen LogP contribution in [0.4, 0.5) is 0 Å². The van der Waals surface area contributed by atoms with E-state index in [4.69, 9.17) is 9.47 Å². The Morgan fingerprint density at radius 2 is 2.00 bits per heavy atom. The molecule has 0 N–H and O–H groups in total. The van der Waals surface area contributed by atoms with Gasteiger partial charge in [-0.05, 0) is 11.6 Å². The first-order valence-corrected chi connectivity index (χ1v) is 7.59. The fourth-order valence-electron chi connectivity index (χ4n) is 2.81. The molecule has 0 aromatic heterocycles. The monoisotopic (exact) mass is 319 g/mol. The molecular weight excluding hydrogens is 298 g/mol. The minimum Gasteiger partial charge on any atom is -0.458 e. The van der Waals surface area contributed by atoms with Gasteiger partial charge in [-0.2, -0.15) is 0 Å². The molecule has 0 bridgehead atoms. The van der Waals surface area contributed by atoms with Gasteiger partial charge in [-0.15, -0.1) is 0 Å². The number of carbonyl (C=O) groups is 1. The van der Waals surface area contributed by atoms with Gasteiger partial charge in [-0.1, -0.05) is 36.4 Å². The molecule has 1 aliphatic rings. The third-order valence-corrected chi connectivity index (χ3v) is 4.05. The highest BCUT2D eigenvalue weighted by atomic mass is 16.6. The first kappa shape index (κ1) is 17.1. The number of hydrogen-bond acceptors (Lipinski definition) is 5. The lowest BCUT2D eigenvalue weighted by molar-refractivity contribution is -0.527. The second kappa shape index (κ2) is 7.87. The number of esters is 1. The number of carbonyl (C=O) groups excluding carboxylic acids is 1. The van der Waals surface area contributed by atoms with Crippen molar-refractivity contribution >= 4 is 5.97 Å². The highest BCUT2D eigenvalue weighted by molar-refractivity contribution is 5.66. The minimum absolute atomic E-state index is 0.247. The van der Waals surface area contributed by atoms with Gasteiger partial charge >= 0.3 is 5.97 Å². The predicted octanol–water partition coefficient (Wildman–Crippen LogP) is 2.60. The van der Waals surface area contributed by atoms with Crippen molar-refractivity contribution < 1.29 is 19.2 Å². The fourth-order valence-corrected chi connectivity index (χ4v) is 2.81. The Hall–Kier alpha value is -2.21. The van der Waals surface area contributed by atoms with Crippen molar-refractivity contribution in [1.29, 1.82) is 0 Å². The standard InChI is InChI=1S/C17H21NO5/c1-12(18(20)21)15-8-9-17(23-13(2)19)16(15)11-22-10-14-6-4-3-5-7-14/h3-9,12,15-17H,10-11H2,1-2H3/t12?,15-,16-,17-/m0/s1. The van der Waals surface area contributed by atoms with Crippen LogP contribution >= 0.6 is 0 Å². The molecule has 2 rings (SSSR count). The predicted molar refractivity (Wildman–Crippen MR) is 84.2 cm³/mol. The Balaban J connectivity index is 1.99. The van der Waals surface area contributed by atoms with Crippen LogP contribution in [-0.4, -0.2) is 29.6 Å². The Morgan fingerprint density at radius 3 is 2.61 bits per heavy atom. The molecule has 23 heavy (non-hydrogen) atoms. The smallest absolute Gasteiger partial charge is 0.303 e. The molecule has 6 heteroatoms. The summed E-state index contributed by atoms with van der Waals surface area (Å²) in [5.74, 6) is -0.963. The summed E-state index contributed by atoms with van der Waals surface area (Å²) in [6.07, 6.45) is 3.01. The summed E-state index contributed by atoms with van der Waals surface area (Å²) < 4.78 is 11.0. The maximum absolute atomic E-state index is 11.2. The van der Waals surface area contributed by atoms with Crippen molar-refractivity contribution in [3.05, 3.63) is 58.2 Å². The number of ether oxygens (including phenoxy) is 2. The molecule has 1 unspecified atom stereocenters. The van der Waals surface area contributed by atoms with Gasteiger partial charge in [0, 0.05) is 24.7 Å². The summed E-state index contributed by atoms with van der Waals surface area (Å²) in [6.45, 7) is 3.61. The number of rotatable bonds is 7. The quantitative estimate of drug-likeness (QED) is 0.334. The summed E-state index contributed by atoms with van der Waals surface area (Å²) in [4.78, 5) is 22.0. The summed E-state index contributed by atoms with van der Waals surface area (Å²) in [6, 6.07) is 8.93. The average molecular weight is 319 g/mol. The van der Waals surface area contributed by atoms with Gasteiger partial charge in [-0.25, -0.2) is 0 Å². The number of hydrogen-bond donors (Lipinski definition) is 0. The van der Waals surface area contributed by atoms with E-state index in [1.807, 2.05) is 30.3 Å². The SMILES string of the molecule is CC(=O)O[C@H]1C=C[C@@H](C(C)[N+](=O)[O-])[C@@H]1COCc1ccccc1. The number of nitrogens with zero attached hydrogens (tertiary/aromatic N) is 1. The van der Waals surface area contributed by atoms with Gasteiger partial charge in [0.1, 0.15) is 6.10 Å². The molecule has 1 aliphatic carbocycles. The zero-order valence-corrected chi connectivity index (χ0v) is 13.3. The van der Waals surface area contributed by atoms with Crippen molar-refractivity contribution in [2.45, 2.75) is 32.6 Å². The molecule has 124 valence electrons. The lowest BCUT2D eigenvalue weighted by Crippen LogP contribution is -2.36. The van der Waals surface area contributed by atoms with Crippen LogP contribution in [0.1, 0.15) is 19.4 Å². The molecule has 0 aliphatic heterocycles. The van der Waals surface area contributed by atoms with Crippen molar-refractivity contribution in [3.8, 4) is 0 Å². The topological polar surface area (TPSA) is 78.7 Å². The molecular formula is C17H21NO5. The molecule has 6 nitrogen and oxygen atoms in total. The van der Waals surface area contributed by atoms with Gasteiger partial charge in [0.2, 0.25) is 6.04 Å². The van der Waals surface area contributed by atoms with E-state index in [2.05, 4.69) is 0 Å². The fraction of sp³-hybridized carbons (Fsp3) is 0.471. The molecule has 0 radical (unpaired) electrons. The van der Waals surface area contributed by atoms with Gasteiger partial charge in [-0.3, -0.25) is 14.9 Å². The van der Waals surface area contributed by atoms with Crippen LogP contribution in [0.2, 0.25) is 0 Å². The lowest BCUT2D eigenvalue weighted by atomic mass is 9.89. The summed E-state index contributed by atoms with van der Waals surface area (Å²) in [5, 5.41) is 11.1. The molecule has 1 aromatic rings. The molecule has 0 fully saturated rings. The summed E-state index contributed by atoms with van der Waals surface area (Å²) >= 11 is 0. The summed E-state index contributed by atoms with van der Waals surface area (Å²) in [5.41, 5.74) is 1.03. The lowest BCUT2D eigenvalue weighted by Gasteiger charge is -2.25. The molecule has 0 spiro atoms. The van der Waals surface area contributed by atoms with E-state index in [1.54, 1.807) is 19.1 Å². The number of nitro groups is 1. The molecule has 1 aromatic carbocycles. The normalized spacial score (nSPS) is 24.3. The molecule has 4 atom stereocenters. The average Bonchev–Trinajstić information content (AvgIpc) is 2.89. The van der Waals surface area contributed by atoms with Crippen molar-refractivity contribution in [3.63, 3.8) is 0 Å². The first-order chi connectivity index (χ1) is 11.0. The van der Waals surface area contributed by atoms with E-state index in [-0.39, 0.29) is 16.8 Å². The van der Waals surface area contributed by atoms with E-state index in [0.717, 1.165) is 5.56 Å². The van der Waals surface area contributed by atoms with E-state index in [9.17, 15) is 14.9 Å². The second-order valence-electron chi connectivity index (χ2n) is 5.73. The van der Waals surface area contributed by atoms with Gasteiger partial charge in [0.15, 0.2) is 0 Å². The van der Waals surface area contributed by atoms with E-state index in [1.165, 1.54) is 6.92 Å². The Bertz CT molecular complexity index is 572. The zero-order valence-electron chi connectivity index (χ0n) is 13.3. The van der Waals surface area contributed by atoms with Crippen LogP contribution < -0.4 is 0 Å². The molecule has 0 saturated carbocycles. The molecule has 0 saturated heterocycles. The minimum atomic E-state index is -0.753.